The Morgan fingerprint density at radius 2 is 1.89 bits per heavy atom. The molecular formula is C16H27FN2. The topological polar surface area (TPSA) is 24.9 Å². The highest BCUT2D eigenvalue weighted by Gasteiger charge is 2.13. The second kappa shape index (κ2) is 9.03. The van der Waals surface area contributed by atoms with E-state index in [1.165, 1.54) is 44.4 Å². The number of hydrogen-bond acceptors (Lipinski definition) is 2. The SMILES string of the molecule is CCCCCCCC(NC(C)C)c1ccc(F)cn1. The molecule has 1 aromatic heterocycles. The van der Waals surface area contributed by atoms with E-state index < -0.39 is 0 Å². The molecule has 1 atom stereocenters. The standard InChI is InChI=1S/C16H27FN2/c1-4-5-6-7-8-9-16(19-13(2)3)15-11-10-14(17)12-18-15/h10-13,16,19H,4-9H2,1-3H3. The van der Waals surface area contributed by atoms with Gasteiger partial charge in [0.2, 0.25) is 0 Å². The Morgan fingerprint density at radius 3 is 2.47 bits per heavy atom. The summed E-state index contributed by atoms with van der Waals surface area (Å²) in [5, 5.41) is 3.52. The number of aromatic nitrogens is 1. The van der Waals surface area contributed by atoms with E-state index in [4.69, 9.17) is 0 Å². The van der Waals surface area contributed by atoms with Crippen LogP contribution in [0.2, 0.25) is 0 Å². The minimum Gasteiger partial charge on any atom is -0.306 e. The minimum atomic E-state index is -0.269. The largest absolute Gasteiger partial charge is 0.306 e. The van der Waals surface area contributed by atoms with Gasteiger partial charge in [0.1, 0.15) is 5.82 Å². The minimum absolute atomic E-state index is 0.238. The van der Waals surface area contributed by atoms with Gasteiger partial charge in [0.05, 0.1) is 11.9 Å². The van der Waals surface area contributed by atoms with Gasteiger partial charge in [0.25, 0.3) is 0 Å². The average molecular weight is 266 g/mol. The quantitative estimate of drug-likeness (QED) is 0.660. The lowest BCUT2D eigenvalue weighted by Crippen LogP contribution is -2.28. The van der Waals surface area contributed by atoms with Crippen LogP contribution < -0.4 is 5.32 Å². The molecule has 0 radical (unpaired) electrons. The molecule has 0 aliphatic heterocycles. The highest BCUT2D eigenvalue weighted by atomic mass is 19.1. The molecule has 0 amide bonds. The number of rotatable bonds is 9. The first kappa shape index (κ1) is 16.1. The van der Waals surface area contributed by atoms with Gasteiger partial charge < -0.3 is 5.32 Å². The van der Waals surface area contributed by atoms with Crippen LogP contribution >= 0.6 is 0 Å². The summed E-state index contributed by atoms with van der Waals surface area (Å²) in [4.78, 5) is 4.21. The van der Waals surface area contributed by atoms with Crippen molar-refractivity contribution >= 4 is 0 Å². The summed E-state index contributed by atoms with van der Waals surface area (Å²) in [6.45, 7) is 6.49. The molecule has 0 saturated carbocycles. The van der Waals surface area contributed by atoms with Gasteiger partial charge in [-0.2, -0.15) is 0 Å². The molecule has 0 aliphatic carbocycles. The predicted octanol–water partition coefficient (Wildman–Crippen LogP) is 4.62. The van der Waals surface area contributed by atoms with Crippen LogP contribution in [-0.4, -0.2) is 11.0 Å². The molecule has 1 heterocycles. The number of nitrogens with zero attached hydrogens (tertiary/aromatic N) is 1. The van der Waals surface area contributed by atoms with Crippen molar-refractivity contribution in [2.24, 2.45) is 0 Å². The Hall–Kier alpha value is -0.960. The van der Waals surface area contributed by atoms with Crippen molar-refractivity contribution in [1.29, 1.82) is 0 Å². The van der Waals surface area contributed by atoms with E-state index >= 15 is 0 Å². The molecule has 2 nitrogen and oxygen atoms in total. The fraction of sp³-hybridized carbons (Fsp3) is 0.688. The zero-order valence-electron chi connectivity index (χ0n) is 12.5. The normalized spacial score (nSPS) is 12.9. The molecule has 0 saturated heterocycles. The third kappa shape index (κ3) is 6.67. The molecule has 108 valence electrons. The highest BCUT2D eigenvalue weighted by molar-refractivity contribution is 5.10. The zero-order chi connectivity index (χ0) is 14.1. The number of unbranched alkanes of at least 4 members (excludes halogenated alkanes) is 4. The summed E-state index contributed by atoms with van der Waals surface area (Å²) in [5.41, 5.74) is 0.950. The second-order valence-electron chi connectivity index (χ2n) is 5.48. The van der Waals surface area contributed by atoms with Gasteiger partial charge in [-0.15, -0.1) is 0 Å². The monoisotopic (exact) mass is 266 g/mol. The number of hydrogen-bond donors (Lipinski definition) is 1. The zero-order valence-corrected chi connectivity index (χ0v) is 12.5. The Kier molecular flexibility index (Phi) is 7.65. The van der Waals surface area contributed by atoms with E-state index in [-0.39, 0.29) is 11.9 Å². The van der Waals surface area contributed by atoms with Crippen LogP contribution in [0.25, 0.3) is 0 Å². The molecular weight excluding hydrogens is 239 g/mol. The average Bonchev–Trinajstić information content (AvgIpc) is 2.38. The first-order valence-electron chi connectivity index (χ1n) is 7.51. The summed E-state index contributed by atoms with van der Waals surface area (Å²) >= 11 is 0. The highest BCUT2D eigenvalue weighted by Crippen LogP contribution is 2.19. The van der Waals surface area contributed by atoms with Gasteiger partial charge in [-0.25, -0.2) is 4.39 Å². The van der Waals surface area contributed by atoms with Gasteiger partial charge in [-0.3, -0.25) is 4.98 Å². The third-order valence-electron chi connectivity index (χ3n) is 3.24. The van der Waals surface area contributed by atoms with Crippen LogP contribution in [0, 0.1) is 5.82 Å². The van der Waals surface area contributed by atoms with Crippen LogP contribution in [0.15, 0.2) is 18.3 Å². The lowest BCUT2D eigenvalue weighted by molar-refractivity contribution is 0.423. The molecule has 3 heteroatoms. The lowest BCUT2D eigenvalue weighted by atomic mass is 10.0. The molecule has 0 fully saturated rings. The number of halogens is 1. The Labute approximate surface area is 116 Å². The molecule has 1 unspecified atom stereocenters. The van der Waals surface area contributed by atoms with E-state index in [0.29, 0.717) is 6.04 Å². The van der Waals surface area contributed by atoms with E-state index in [2.05, 4.69) is 31.1 Å². The predicted molar refractivity (Wildman–Crippen MR) is 78.6 cm³/mol. The molecule has 1 N–H and O–H groups in total. The molecule has 1 aromatic rings. The molecule has 0 aromatic carbocycles. The van der Waals surface area contributed by atoms with Crippen LogP contribution in [0.1, 0.15) is 71.0 Å². The molecule has 19 heavy (non-hydrogen) atoms. The molecule has 0 spiro atoms. The van der Waals surface area contributed by atoms with Crippen LogP contribution in [-0.2, 0) is 0 Å². The van der Waals surface area contributed by atoms with E-state index in [9.17, 15) is 4.39 Å². The summed E-state index contributed by atoms with van der Waals surface area (Å²) in [7, 11) is 0. The smallest absolute Gasteiger partial charge is 0.141 e. The van der Waals surface area contributed by atoms with Crippen molar-refractivity contribution in [2.45, 2.75) is 71.4 Å². The van der Waals surface area contributed by atoms with Gasteiger partial charge in [0.15, 0.2) is 0 Å². The summed E-state index contributed by atoms with van der Waals surface area (Å²) in [6.07, 6.45) is 8.74. The molecule has 0 aliphatic rings. The second-order valence-corrected chi connectivity index (χ2v) is 5.48. The third-order valence-corrected chi connectivity index (χ3v) is 3.24. The first-order chi connectivity index (χ1) is 9.13. The van der Waals surface area contributed by atoms with Gasteiger partial charge in [-0.05, 0) is 18.6 Å². The van der Waals surface area contributed by atoms with Crippen LogP contribution in [0.4, 0.5) is 4.39 Å². The van der Waals surface area contributed by atoms with Crippen molar-refractivity contribution in [3.63, 3.8) is 0 Å². The maximum atomic E-state index is 12.9. The summed E-state index contributed by atoms with van der Waals surface area (Å²) in [6, 6.07) is 3.94. The van der Waals surface area contributed by atoms with Crippen molar-refractivity contribution in [3.8, 4) is 0 Å². The Bertz CT molecular complexity index is 335. The lowest BCUT2D eigenvalue weighted by Gasteiger charge is -2.21. The van der Waals surface area contributed by atoms with Crippen molar-refractivity contribution in [3.05, 3.63) is 29.8 Å². The maximum absolute atomic E-state index is 12.9. The van der Waals surface area contributed by atoms with Crippen LogP contribution in [0.5, 0.6) is 0 Å². The maximum Gasteiger partial charge on any atom is 0.141 e. The van der Waals surface area contributed by atoms with E-state index in [0.717, 1.165) is 12.1 Å². The fourth-order valence-electron chi connectivity index (χ4n) is 2.26. The van der Waals surface area contributed by atoms with Gasteiger partial charge in [0, 0.05) is 12.1 Å². The van der Waals surface area contributed by atoms with Crippen molar-refractivity contribution in [2.75, 3.05) is 0 Å². The summed E-state index contributed by atoms with van der Waals surface area (Å²) < 4.78 is 12.9. The first-order valence-corrected chi connectivity index (χ1v) is 7.51. The van der Waals surface area contributed by atoms with Crippen LogP contribution in [0.3, 0.4) is 0 Å². The van der Waals surface area contributed by atoms with Gasteiger partial charge in [-0.1, -0.05) is 52.9 Å². The molecule has 0 bridgehead atoms. The van der Waals surface area contributed by atoms with E-state index in [1.54, 1.807) is 6.07 Å². The van der Waals surface area contributed by atoms with E-state index in [1.807, 2.05) is 0 Å². The number of pyridine rings is 1. The van der Waals surface area contributed by atoms with Crippen molar-refractivity contribution in [1.82, 2.24) is 10.3 Å². The van der Waals surface area contributed by atoms with Gasteiger partial charge >= 0.3 is 0 Å². The molecule has 1 rings (SSSR count). The Balaban J connectivity index is 2.49. The van der Waals surface area contributed by atoms with Crippen molar-refractivity contribution < 1.29 is 4.39 Å². The number of nitrogens with one attached hydrogen (secondary N) is 1. The summed E-state index contributed by atoms with van der Waals surface area (Å²) in [5.74, 6) is -0.269. The fourth-order valence-corrected chi connectivity index (χ4v) is 2.26. The Morgan fingerprint density at radius 1 is 1.16 bits per heavy atom.